The van der Waals surface area contributed by atoms with Crippen molar-refractivity contribution < 1.29 is 28.7 Å². The van der Waals surface area contributed by atoms with Crippen LogP contribution in [0, 0.1) is 0 Å². The summed E-state index contributed by atoms with van der Waals surface area (Å²) in [5.41, 5.74) is 2.54. The van der Waals surface area contributed by atoms with E-state index in [0.29, 0.717) is 0 Å². The number of hydrogen-bond acceptors (Lipinski definition) is 0. The third kappa shape index (κ3) is 2.31. The van der Waals surface area contributed by atoms with E-state index in [1.165, 1.54) is 26.6 Å². The fourth-order valence-corrected chi connectivity index (χ4v) is 11.3. The molecule has 0 saturated carbocycles. The molecule has 0 fully saturated rings. The minimum Gasteiger partial charge on any atom is -1.00 e. The summed E-state index contributed by atoms with van der Waals surface area (Å²) in [6, 6.07) is 17.5. The fraction of sp³-hybridized carbons (Fsp3) is 0.294. The van der Waals surface area contributed by atoms with E-state index in [1.54, 1.807) is 0 Å². The van der Waals surface area contributed by atoms with Crippen molar-refractivity contribution in [2.45, 2.75) is 30.7 Å². The van der Waals surface area contributed by atoms with Gasteiger partial charge < -0.3 is 24.0 Å². The molecule has 1 unspecified atom stereocenters. The summed E-state index contributed by atoms with van der Waals surface area (Å²) in [5, 5.41) is 0. The largest absolute Gasteiger partial charge is 1.00 e. The normalized spacial score (nSPS) is 16.1. The molecule has 3 rings (SSSR count). The van der Waals surface area contributed by atoms with Crippen LogP contribution in [-0.2, 0) is 0 Å². The maximum Gasteiger partial charge on any atom is -1.00 e. The van der Waals surface area contributed by atoms with Crippen molar-refractivity contribution in [2.24, 2.45) is 0 Å². The summed E-state index contributed by atoms with van der Waals surface area (Å²) in [6.45, 7) is 4.74. The van der Waals surface area contributed by atoms with Gasteiger partial charge in [0.25, 0.3) is 0 Å². The molecule has 0 saturated heterocycles. The molecule has 1 nitrogen and oxygen atoms in total. The molecule has 20 heavy (non-hydrogen) atoms. The first-order valence-corrected chi connectivity index (χ1v) is 11.8. The van der Waals surface area contributed by atoms with E-state index in [1.807, 2.05) is 0 Å². The monoisotopic (exact) mass is 443 g/mol. The van der Waals surface area contributed by atoms with Crippen molar-refractivity contribution in [1.82, 2.24) is 0 Å². The maximum atomic E-state index is 4.86. The summed E-state index contributed by atoms with van der Waals surface area (Å²) in [5.74, 6) is 2.41. The van der Waals surface area contributed by atoms with Crippen LogP contribution in [0.25, 0.3) is 0 Å². The van der Waals surface area contributed by atoms with E-state index in [4.69, 9.17) is 4.74 Å². The molecule has 107 valence electrons. The van der Waals surface area contributed by atoms with Gasteiger partial charge >= 0.3 is 118 Å². The zero-order valence-corrected chi connectivity index (χ0v) is 16.2. The minimum absolute atomic E-state index is 0. The van der Waals surface area contributed by atoms with Crippen LogP contribution in [0.1, 0.15) is 20.3 Å². The quantitative estimate of drug-likeness (QED) is 0.368. The Morgan fingerprint density at radius 3 is 1.85 bits per heavy atom. The van der Waals surface area contributed by atoms with Gasteiger partial charge in [-0.25, -0.2) is 0 Å². The smallest absolute Gasteiger partial charge is 1.00 e. The maximum absolute atomic E-state index is 4.86. The van der Waals surface area contributed by atoms with Crippen molar-refractivity contribution in [3.8, 4) is 11.5 Å². The van der Waals surface area contributed by atoms with Crippen molar-refractivity contribution in [3.05, 3.63) is 48.5 Å². The number of fused-ring (bicyclic) bond motifs is 2. The van der Waals surface area contributed by atoms with Crippen LogP contribution in [0.3, 0.4) is 0 Å². The Kier molecular flexibility index (Phi) is 4.86. The average Bonchev–Trinajstić information content (AvgIpc) is 2.46. The minimum atomic E-state index is -2.09. The number of halogens is 1. The van der Waals surface area contributed by atoms with Crippen molar-refractivity contribution in [2.75, 3.05) is 0 Å². The molecule has 3 heteroatoms. The second kappa shape index (κ2) is 6.11. The van der Waals surface area contributed by atoms with Crippen LogP contribution in [0.15, 0.2) is 48.5 Å². The Balaban J connectivity index is 0.00000147. The Morgan fingerprint density at radius 2 is 1.40 bits per heavy atom. The Hall–Kier alpha value is -0.472. The summed E-state index contributed by atoms with van der Waals surface area (Å²) in [6.07, 6.45) is 1.24. The van der Waals surface area contributed by atoms with E-state index in [-0.39, 0.29) is 24.0 Å². The molecule has 1 aliphatic rings. The SMILES string of the molecule is CCC(C)[As]1(C)c2ccccc2[OH+]c2ccccc21.[I-]. The van der Waals surface area contributed by atoms with Crippen molar-refractivity contribution >= 4 is 22.3 Å². The van der Waals surface area contributed by atoms with E-state index >= 15 is 0 Å². The summed E-state index contributed by atoms with van der Waals surface area (Å²) in [7, 11) is 0. The van der Waals surface area contributed by atoms with Gasteiger partial charge in [-0.2, -0.15) is 0 Å². The molecule has 2 aromatic carbocycles. The first-order chi connectivity index (χ1) is 9.17. The second-order valence-electron chi connectivity index (χ2n) is 5.42. The van der Waals surface area contributed by atoms with Gasteiger partial charge in [0, 0.05) is 0 Å². The van der Waals surface area contributed by atoms with Crippen LogP contribution in [0.5, 0.6) is 11.5 Å². The molecule has 0 bridgehead atoms. The van der Waals surface area contributed by atoms with E-state index in [0.717, 1.165) is 4.71 Å². The fourth-order valence-electron chi connectivity index (χ4n) is 3.00. The third-order valence-electron chi connectivity index (χ3n) is 4.48. The van der Waals surface area contributed by atoms with Crippen LogP contribution in [-0.4, -0.2) is 18.3 Å². The van der Waals surface area contributed by atoms with Gasteiger partial charge in [-0.3, -0.25) is 0 Å². The van der Waals surface area contributed by atoms with Crippen LogP contribution >= 0.6 is 0 Å². The zero-order chi connectivity index (χ0) is 13.5. The molecular weight excluding hydrogens is 422 g/mol. The van der Waals surface area contributed by atoms with Gasteiger partial charge in [-0.15, -0.1) is 0 Å². The van der Waals surface area contributed by atoms with Gasteiger partial charge in [0.1, 0.15) is 0 Å². The van der Waals surface area contributed by atoms with E-state index in [9.17, 15) is 0 Å². The number of para-hydroxylation sites is 2. The van der Waals surface area contributed by atoms with E-state index in [2.05, 4.69) is 68.1 Å². The summed E-state index contributed by atoms with van der Waals surface area (Å²) >= 11 is -2.09. The van der Waals surface area contributed by atoms with Crippen molar-refractivity contribution in [1.29, 1.82) is 0 Å². The molecule has 0 amide bonds. The van der Waals surface area contributed by atoms with Gasteiger partial charge in [0.05, 0.1) is 0 Å². The molecule has 1 aliphatic heterocycles. The first-order valence-electron chi connectivity index (χ1n) is 6.95. The molecule has 1 heterocycles. The standard InChI is InChI=1S/C17H20AsO.HI/c1-4-13(2)18(3)14-9-5-7-11-16(14)19-17-12-8-6-10-15(17)18;/h5-13H,4H2,1-3H3;1H. The molecule has 2 aromatic rings. The predicted octanol–water partition coefficient (Wildman–Crippen LogP) is 0.652. The molecule has 1 atom stereocenters. The molecule has 0 spiro atoms. The predicted molar refractivity (Wildman–Crippen MR) is 84.6 cm³/mol. The Bertz CT molecular complexity index is 566. The number of hydrogen-bond donors (Lipinski definition) is 0. The van der Waals surface area contributed by atoms with E-state index < -0.39 is 13.6 Å². The van der Waals surface area contributed by atoms with Gasteiger partial charge in [0.15, 0.2) is 0 Å². The second-order valence-corrected chi connectivity index (χ2v) is 13.8. The molecular formula is C17H21AsIO. The van der Waals surface area contributed by atoms with Crippen LogP contribution in [0.4, 0.5) is 0 Å². The topological polar surface area (TPSA) is 12.8 Å². The molecule has 0 aromatic heterocycles. The summed E-state index contributed by atoms with van der Waals surface area (Å²) < 4.78 is 8.70. The number of aromatic hydroxyl groups is 2. The average molecular weight is 443 g/mol. The van der Waals surface area contributed by atoms with Gasteiger partial charge in [-0.1, -0.05) is 0 Å². The molecule has 1 radical (unpaired) electrons. The van der Waals surface area contributed by atoms with Crippen LogP contribution in [0.2, 0.25) is 10.4 Å². The third-order valence-corrected chi connectivity index (χ3v) is 14.7. The Morgan fingerprint density at radius 1 is 0.950 bits per heavy atom. The number of rotatable bonds is 2. The first kappa shape index (κ1) is 15.9. The number of benzene rings is 2. The number of ether oxygens (including phenoxy) is 1. The molecule has 0 aliphatic carbocycles. The Labute approximate surface area is 141 Å². The van der Waals surface area contributed by atoms with Gasteiger partial charge in [0.2, 0.25) is 0 Å². The summed E-state index contributed by atoms with van der Waals surface area (Å²) in [4.78, 5) is 0. The van der Waals surface area contributed by atoms with Gasteiger partial charge in [-0.05, 0) is 0 Å². The van der Waals surface area contributed by atoms with Crippen LogP contribution < -0.4 is 32.7 Å². The molecule has 1 N–H and O–H groups in total. The zero-order valence-electron chi connectivity index (χ0n) is 12.2. The van der Waals surface area contributed by atoms with Crippen molar-refractivity contribution in [3.63, 3.8) is 0 Å².